The predicted octanol–water partition coefficient (Wildman–Crippen LogP) is 4.33. The summed E-state index contributed by atoms with van der Waals surface area (Å²) in [7, 11) is 1.67. The van der Waals surface area contributed by atoms with E-state index in [2.05, 4.69) is 27.4 Å². The number of aromatic nitrogens is 3. The summed E-state index contributed by atoms with van der Waals surface area (Å²) in [4.78, 5) is 0. The fourth-order valence-corrected chi connectivity index (χ4v) is 3.31. The van der Waals surface area contributed by atoms with Crippen molar-refractivity contribution in [2.75, 3.05) is 7.11 Å². The van der Waals surface area contributed by atoms with Gasteiger partial charge < -0.3 is 9.15 Å². The summed E-state index contributed by atoms with van der Waals surface area (Å²) < 4.78 is 12.7. The number of thioether (sulfide) groups is 1. The van der Waals surface area contributed by atoms with E-state index in [4.69, 9.17) is 9.15 Å². The first-order valence-corrected chi connectivity index (χ1v) is 8.55. The lowest BCUT2D eigenvalue weighted by Gasteiger charge is -2.08. The number of methoxy groups -OCH3 is 1. The van der Waals surface area contributed by atoms with Crippen molar-refractivity contribution in [3.8, 4) is 17.1 Å². The molecule has 0 aliphatic carbocycles. The Morgan fingerprint density at radius 1 is 1.33 bits per heavy atom. The number of allylic oxidation sites excluding steroid dienone is 1. The molecular formula is C18H19N3O2S. The molecule has 0 amide bonds. The average Bonchev–Trinajstić information content (AvgIpc) is 3.19. The van der Waals surface area contributed by atoms with Crippen LogP contribution in [0.25, 0.3) is 11.4 Å². The van der Waals surface area contributed by atoms with Crippen LogP contribution in [-0.2, 0) is 12.3 Å². The van der Waals surface area contributed by atoms with E-state index in [1.54, 1.807) is 25.1 Å². The van der Waals surface area contributed by atoms with Gasteiger partial charge in [-0.1, -0.05) is 30.0 Å². The van der Waals surface area contributed by atoms with E-state index in [0.29, 0.717) is 6.54 Å². The molecule has 3 rings (SSSR count). The number of rotatable bonds is 7. The molecule has 24 heavy (non-hydrogen) atoms. The van der Waals surface area contributed by atoms with Crippen LogP contribution in [0.1, 0.15) is 11.3 Å². The maximum Gasteiger partial charge on any atom is 0.192 e. The van der Waals surface area contributed by atoms with E-state index in [1.165, 1.54) is 5.56 Å². The minimum atomic E-state index is 0.646. The molecule has 0 saturated heterocycles. The van der Waals surface area contributed by atoms with Gasteiger partial charge in [0.25, 0.3) is 0 Å². The lowest BCUT2D eigenvalue weighted by atomic mass is 10.2. The molecule has 5 nitrogen and oxygen atoms in total. The summed E-state index contributed by atoms with van der Waals surface area (Å²) >= 11 is 1.64. The number of hydrogen-bond acceptors (Lipinski definition) is 5. The van der Waals surface area contributed by atoms with Crippen LogP contribution in [0.2, 0.25) is 0 Å². The molecule has 0 unspecified atom stereocenters. The third-order valence-electron chi connectivity index (χ3n) is 3.63. The van der Waals surface area contributed by atoms with Crippen LogP contribution in [0.4, 0.5) is 0 Å². The van der Waals surface area contributed by atoms with E-state index < -0.39 is 0 Å². The molecule has 0 N–H and O–H groups in total. The van der Waals surface area contributed by atoms with E-state index in [1.807, 2.05) is 37.3 Å². The van der Waals surface area contributed by atoms with Crippen LogP contribution in [0.15, 0.2) is 58.8 Å². The molecule has 0 spiro atoms. The molecule has 0 aliphatic heterocycles. The second-order valence-corrected chi connectivity index (χ2v) is 6.18. The molecule has 0 saturated carbocycles. The Kier molecular flexibility index (Phi) is 5.05. The normalized spacial score (nSPS) is 10.8. The number of furan rings is 1. The average molecular weight is 341 g/mol. The molecule has 0 fully saturated rings. The maximum absolute atomic E-state index is 5.39. The maximum atomic E-state index is 5.39. The van der Waals surface area contributed by atoms with Gasteiger partial charge >= 0.3 is 0 Å². The Labute approximate surface area is 145 Å². The number of hydrogen-bond donors (Lipinski definition) is 0. The smallest absolute Gasteiger partial charge is 0.192 e. The molecule has 124 valence electrons. The molecular weight excluding hydrogens is 322 g/mol. The van der Waals surface area contributed by atoms with Gasteiger partial charge in [0.2, 0.25) is 0 Å². The second kappa shape index (κ2) is 7.40. The summed E-state index contributed by atoms with van der Waals surface area (Å²) in [6.45, 7) is 6.41. The zero-order valence-corrected chi connectivity index (χ0v) is 14.5. The Bertz CT molecular complexity index is 838. The first kappa shape index (κ1) is 16.4. The van der Waals surface area contributed by atoms with Gasteiger partial charge in [0, 0.05) is 12.3 Å². The molecule has 6 heteroatoms. The molecule has 2 aromatic heterocycles. The first-order chi connectivity index (χ1) is 11.7. The zero-order chi connectivity index (χ0) is 16.9. The van der Waals surface area contributed by atoms with E-state index in [-0.39, 0.29) is 0 Å². The molecule has 2 heterocycles. The molecule has 0 atom stereocenters. The van der Waals surface area contributed by atoms with Crippen LogP contribution in [0, 0.1) is 6.92 Å². The Balaban J connectivity index is 1.84. The fourth-order valence-electron chi connectivity index (χ4n) is 2.42. The predicted molar refractivity (Wildman–Crippen MR) is 95.2 cm³/mol. The highest BCUT2D eigenvalue weighted by molar-refractivity contribution is 7.98. The topological polar surface area (TPSA) is 53.1 Å². The quantitative estimate of drug-likeness (QED) is 0.473. The van der Waals surface area contributed by atoms with Crippen LogP contribution < -0.4 is 4.74 Å². The molecule has 0 aliphatic rings. The zero-order valence-electron chi connectivity index (χ0n) is 13.7. The minimum Gasteiger partial charge on any atom is -0.497 e. The minimum absolute atomic E-state index is 0.646. The van der Waals surface area contributed by atoms with Crippen molar-refractivity contribution in [1.29, 1.82) is 0 Å². The summed E-state index contributed by atoms with van der Waals surface area (Å²) in [6, 6.07) is 9.94. The molecule has 3 aromatic rings. The Morgan fingerprint density at radius 2 is 2.21 bits per heavy atom. The monoisotopic (exact) mass is 341 g/mol. The lowest BCUT2D eigenvalue weighted by Crippen LogP contribution is -2.00. The third-order valence-corrected chi connectivity index (χ3v) is 4.67. The van der Waals surface area contributed by atoms with E-state index in [0.717, 1.165) is 33.8 Å². The number of ether oxygens (including phenoxy) is 1. The highest BCUT2D eigenvalue weighted by Gasteiger charge is 2.16. The van der Waals surface area contributed by atoms with Gasteiger partial charge in [0.15, 0.2) is 11.0 Å². The summed E-state index contributed by atoms with van der Waals surface area (Å²) in [5, 5.41) is 9.54. The highest BCUT2D eigenvalue weighted by atomic mass is 32.2. The van der Waals surface area contributed by atoms with Crippen LogP contribution in [0.5, 0.6) is 5.75 Å². The summed E-state index contributed by atoms with van der Waals surface area (Å²) in [5.74, 6) is 3.28. The molecule has 0 bridgehead atoms. The Morgan fingerprint density at radius 3 is 2.92 bits per heavy atom. The van der Waals surface area contributed by atoms with Gasteiger partial charge in [0.1, 0.15) is 11.5 Å². The van der Waals surface area contributed by atoms with Gasteiger partial charge in [0.05, 0.1) is 18.9 Å². The summed E-state index contributed by atoms with van der Waals surface area (Å²) in [6.07, 6.45) is 3.51. The van der Waals surface area contributed by atoms with Crippen LogP contribution in [0.3, 0.4) is 0 Å². The lowest BCUT2D eigenvalue weighted by molar-refractivity contribution is 0.414. The third kappa shape index (κ3) is 3.38. The van der Waals surface area contributed by atoms with Gasteiger partial charge in [-0.3, -0.25) is 4.57 Å². The van der Waals surface area contributed by atoms with E-state index in [9.17, 15) is 0 Å². The fraction of sp³-hybridized carbons (Fsp3) is 0.222. The van der Waals surface area contributed by atoms with Crippen molar-refractivity contribution in [3.63, 3.8) is 0 Å². The van der Waals surface area contributed by atoms with Gasteiger partial charge in [-0.2, -0.15) is 0 Å². The van der Waals surface area contributed by atoms with Crippen molar-refractivity contribution in [1.82, 2.24) is 14.8 Å². The van der Waals surface area contributed by atoms with Gasteiger partial charge in [-0.15, -0.1) is 16.8 Å². The SMILES string of the molecule is C=CCn1c(SCc2cccc(OC)c2)nnc1-c1ccoc1C. The van der Waals surface area contributed by atoms with Crippen molar-refractivity contribution < 1.29 is 9.15 Å². The number of aryl methyl sites for hydroxylation is 1. The summed E-state index contributed by atoms with van der Waals surface area (Å²) in [5.41, 5.74) is 2.13. The standard InChI is InChI=1S/C18H19N3O2S/c1-4-9-21-17(16-8-10-23-13(16)2)19-20-18(21)24-12-14-6-5-7-15(11-14)22-3/h4-8,10-11H,1,9,12H2,2-3H3. The van der Waals surface area contributed by atoms with Crippen molar-refractivity contribution in [2.24, 2.45) is 0 Å². The number of nitrogens with zero attached hydrogens (tertiary/aromatic N) is 3. The largest absolute Gasteiger partial charge is 0.497 e. The Hall–Kier alpha value is -2.47. The van der Waals surface area contributed by atoms with Crippen molar-refractivity contribution in [3.05, 3.63) is 60.6 Å². The first-order valence-electron chi connectivity index (χ1n) is 7.57. The van der Waals surface area contributed by atoms with Crippen LogP contribution in [-0.4, -0.2) is 21.9 Å². The van der Waals surface area contributed by atoms with Gasteiger partial charge in [-0.05, 0) is 30.7 Å². The molecule has 1 aromatic carbocycles. The van der Waals surface area contributed by atoms with Crippen molar-refractivity contribution in [2.45, 2.75) is 24.4 Å². The number of benzene rings is 1. The molecule has 0 radical (unpaired) electrons. The van der Waals surface area contributed by atoms with Crippen LogP contribution >= 0.6 is 11.8 Å². The van der Waals surface area contributed by atoms with E-state index >= 15 is 0 Å². The van der Waals surface area contributed by atoms with Crippen molar-refractivity contribution >= 4 is 11.8 Å². The highest BCUT2D eigenvalue weighted by Crippen LogP contribution is 2.29. The second-order valence-electron chi connectivity index (χ2n) is 5.24. The van der Waals surface area contributed by atoms with Gasteiger partial charge in [-0.25, -0.2) is 0 Å².